The van der Waals surface area contributed by atoms with E-state index in [1.807, 2.05) is 6.07 Å². The fraction of sp³-hybridized carbons (Fsp3) is 0.217. The fourth-order valence-corrected chi connectivity index (χ4v) is 3.56. The number of carbonyl (C=O) groups excluding carboxylic acids is 1. The number of hydrogen-bond acceptors (Lipinski definition) is 5. The van der Waals surface area contributed by atoms with Gasteiger partial charge >= 0.3 is 0 Å². The van der Waals surface area contributed by atoms with Crippen molar-refractivity contribution in [3.63, 3.8) is 0 Å². The number of benzene rings is 2. The topological polar surface area (TPSA) is 77.5 Å². The molecule has 31 heavy (non-hydrogen) atoms. The van der Waals surface area contributed by atoms with Crippen LogP contribution in [0.4, 0.5) is 27.3 Å². The summed E-state index contributed by atoms with van der Waals surface area (Å²) in [5, 5.41) is 16.1. The van der Waals surface area contributed by atoms with E-state index < -0.39 is 0 Å². The quantitative estimate of drug-likeness (QED) is 0.529. The van der Waals surface area contributed by atoms with Crippen molar-refractivity contribution in [3.05, 3.63) is 77.2 Å². The van der Waals surface area contributed by atoms with Crippen LogP contribution in [0.1, 0.15) is 23.2 Å². The molecule has 2 heterocycles. The number of nitrogens with one attached hydrogen (secondary N) is 2. The summed E-state index contributed by atoms with van der Waals surface area (Å²) in [5.74, 6) is 0.180. The number of aliphatic hydroxyl groups is 1. The van der Waals surface area contributed by atoms with Crippen molar-refractivity contribution in [1.29, 1.82) is 0 Å². The molecule has 0 bridgehead atoms. The van der Waals surface area contributed by atoms with Gasteiger partial charge in [-0.15, -0.1) is 0 Å². The molecule has 3 aromatic rings. The first-order valence-electron chi connectivity index (χ1n) is 10.0. The van der Waals surface area contributed by atoms with Gasteiger partial charge in [0.2, 0.25) is 0 Å². The van der Waals surface area contributed by atoms with E-state index in [9.17, 15) is 14.3 Å². The summed E-state index contributed by atoms with van der Waals surface area (Å²) in [5.41, 5.74) is 2.26. The molecule has 160 valence electrons. The molecule has 0 spiro atoms. The van der Waals surface area contributed by atoms with E-state index in [1.165, 1.54) is 12.1 Å². The minimum absolute atomic E-state index is 0.247. The Labute approximate surface area is 184 Å². The molecule has 4 rings (SSSR count). The van der Waals surface area contributed by atoms with E-state index in [0.29, 0.717) is 27.6 Å². The molecule has 1 saturated heterocycles. The molecule has 1 amide bonds. The number of rotatable bonds is 5. The summed E-state index contributed by atoms with van der Waals surface area (Å²) < 4.78 is 13.1. The summed E-state index contributed by atoms with van der Waals surface area (Å²) in [6.07, 6.45) is 2.73. The molecule has 2 aromatic carbocycles. The number of pyridine rings is 1. The molecule has 1 aromatic heterocycles. The largest absolute Gasteiger partial charge is 0.393 e. The van der Waals surface area contributed by atoms with Crippen LogP contribution in [0.3, 0.4) is 0 Å². The minimum atomic E-state index is -0.324. The average molecular weight is 441 g/mol. The predicted molar refractivity (Wildman–Crippen MR) is 121 cm³/mol. The summed E-state index contributed by atoms with van der Waals surface area (Å²) in [7, 11) is 0. The number of piperidine rings is 1. The third-order valence-electron chi connectivity index (χ3n) is 5.15. The third-order valence-corrected chi connectivity index (χ3v) is 5.48. The highest BCUT2D eigenvalue weighted by atomic mass is 35.5. The van der Waals surface area contributed by atoms with E-state index in [4.69, 9.17) is 11.6 Å². The highest BCUT2D eigenvalue weighted by Gasteiger charge is 2.18. The second-order valence-corrected chi connectivity index (χ2v) is 7.81. The van der Waals surface area contributed by atoms with Gasteiger partial charge in [-0.05, 0) is 67.4 Å². The maximum atomic E-state index is 13.1. The average Bonchev–Trinajstić information content (AvgIpc) is 2.78. The highest BCUT2D eigenvalue weighted by molar-refractivity contribution is 6.33. The zero-order valence-corrected chi connectivity index (χ0v) is 17.4. The molecule has 0 unspecified atom stereocenters. The summed E-state index contributed by atoms with van der Waals surface area (Å²) in [6.45, 7) is 1.49. The highest BCUT2D eigenvalue weighted by Crippen LogP contribution is 2.29. The van der Waals surface area contributed by atoms with Crippen molar-refractivity contribution < 1.29 is 14.3 Å². The summed E-state index contributed by atoms with van der Waals surface area (Å²) >= 11 is 6.25. The van der Waals surface area contributed by atoms with Crippen LogP contribution in [0.15, 0.2) is 60.8 Å². The molecule has 0 atom stereocenters. The maximum absolute atomic E-state index is 13.1. The van der Waals surface area contributed by atoms with Crippen LogP contribution >= 0.6 is 11.6 Å². The number of aromatic nitrogens is 1. The molecule has 6 nitrogen and oxygen atoms in total. The van der Waals surface area contributed by atoms with Crippen LogP contribution in [0, 0.1) is 5.82 Å². The van der Waals surface area contributed by atoms with Gasteiger partial charge in [0.15, 0.2) is 0 Å². The molecule has 0 saturated carbocycles. The predicted octanol–water partition coefficient (Wildman–Crippen LogP) is 4.83. The number of halogens is 2. The van der Waals surface area contributed by atoms with Crippen molar-refractivity contribution in [3.8, 4) is 0 Å². The minimum Gasteiger partial charge on any atom is -0.393 e. The monoisotopic (exact) mass is 440 g/mol. The third kappa shape index (κ3) is 5.31. The number of aliphatic hydroxyl groups excluding tert-OH is 1. The lowest BCUT2D eigenvalue weighted by molar-refractivity contribution is 0.102. The maximum Gasteiger partial charge on any atom is 0.257 e. The standard InChI is InChI=1S/C23H22ClFN4O2/c24-20-7-6-18(13-21(20)27-17-4-2-16(25)3-5-17)28-23(31)15-1-8-22(26-14-15)29-11-9-19(30)10-12-29/h1-8,13-14,19,27,30H,9-12H2,(H,28,31). The number of carbonyl (C=O) groups is 1. The Hall–Kier alpha value is -3.16. The van der Waals surface area contributed by atoms with E-state index >= 15 is 0 Å². The lowest BCUT2D eigenvalue weighted by Crippen LogP contribution is -2.36. The molecule has 8 heteroatoms. The van der Waals surface area contributed by atoms with E-state index in [0.717, 1.165) is 31.7 Å². The molecular formula is C23H22ClFN4O2. The van der Waals surface area contributed by atoms with Gasteiger partial charge in [0.05, 0.1) is 22.4 Å². The lowest BCUT2D eigenvalue weighted by atomic mass is 10.1. The Morgan fingerprint density at radius 1 is 1.06 bits per heavy atom. The van der Waals surface area contributed by atoms with Gasteiger partial charge in [0.1, 0.15) is 11.6 Å². The van der Waals surface area contributed by atoms with Crippen LogP contribution < -0.4 is 15.5 Å². The fourth-order valence-electron chi connectivity index (χ4n) is 3.39. The second-order valence-electron chi connectivity index (χ2n) is 7.40. The van der Waals surface area contributed by atoms with Crippen molar-refractivity contribution in [2.45, 2.75) is 18.9 Å². The van der Waals surface area contributed by atoms with Crippen LogP contribution in [0.5, 0.6) is 0 Å². The van der Waals surface area contributed by atoms with Crippen LogP contribution in [-0.4, -0.2) is 35.2 Å². The van der Waals surface area contributed by atoms with E-state index in [2.05, 4.69) is 20.5 Å². The Morgan fingerprint density at radius 3 is 2.45 bits per heavy atom. The molecular weight excluding hydrogens is 419 g/mol. The van der Waals surface area contributed by atoms with Crippen molar-refractivity contribution >= 4 is 40.4 Å². The molecule has 1 fully saturated rings. The number of anilines is 4. The first-order valence-corrected chi connectivity index (χ1v) is 10.4. The van der Waals surface area contributed by atoms with Gasteiger partial charge in [-0.1, -0.05) is 11.6 Å². The number of hydrogen-bond donors (Lipinski definition) is 3. The summed E-state index contributed by atoms with van der Waals surface area (Å²) in [4.78, 5) is 19.1. The molecule has 1 aliphatic rings. The van der Waals surface area contributed by atoms with Crippen LogP contribution in [-0.2, 0) is 0 Å². The first-order chi connectivity index (χ1) is 15.0. The van der Waals surface area contributed by atoms with Crippen molar-refractivity contribution in [2.75, 3.05) is 28.6 Å². The van der Waals surface area contributed by atoms with Crippen LogP contribution in [0.2, 0.25) is 5.02 Å². The van der Waals surface area contributed by atoms with Gasteiger partial charge in [0, 0.05) is 30.7 Å². The lowest BCUT2D eigenvalue weighted by Gasteiger charge is -2.30. The van der Waals surface area contributed by atoms with E-state index in [1.54, 1.807) is 42.6 Å². The second kappa shape index (κ2) is 9.32. The first kappa shape index (κ1) is 21.1. The van der Waals surface area contributed by atoms with Gasteiger partial charge in [-0.25, -0.2) is 9.37 Å². The smallest absolute Gasteiger partial charge is 0.257 e. The Balaban J connectivity index is 1.42. The van der Waals surface area contributed by atoms with Crippen LogP contribution in [0.25, 0.3) is 0 Å². The normalized spacial score (nSPS) is 14.4. The van der Waals surface area contributed by atoms with Crippen molar-refractivity contribution in [1.82, 2.24) is 4.98 Å². The molecule has 1 aliphatic heterocycles. The molecule has 0 radical (unpaired) electrons. The zero-order valence-electron chi connectivity index (χ0n) is 16.7. The Morgan fingerprint density at radius 2 is 1.77 bits per heavy atom. The molecule has 0 aliphatic carbocycles. The Bertz CT molecular complexity index is 1050. The van der Waals surface area contributed by atoms with Gasteiger partial charge in [-0.2, -0.15) is 0 Å². The summed E-state index contributed by atoms with van der Waals surface area (Å²) in [6, 6.07) is 14.6. The zero-order chi connectivity index (χ0) is 21.8. The number of nitrogens with zero attached hydrogens (tertiary/aromatic N) is 2. The SMILES string of the molecule is O=C(Nc1ccc(Cl)c(Nc2ccc(F)cc2)c1)c1ccc(N2CCC(O)CC2)nc1. The van der Waals surface area contributed by atoms with Gasteiger partial charge in [-0.3, -0.25) is 4.79 Å². The Kier molecular flexibility index (Phi) is 6.34. The van der Waals surface area contributed by atoms with Crippen molar-refractivity contribution in [2.24, 2.45) is 0 Å². The van der Waals surface area contributed by atoms with E-state index in [-0.39, 0.29) is 17.8 Å². The molecule has 3 N–H and O–H groups in total. The number of amides is 1. The van der Waals surface area contributed by atoms with Gasteiger partial charge in [0.25, 0.3) is 5.91 Å². The van der Waals surface area contributed by atoms with Gasteiger partial charge < -0.3 is 20.6 Å².